The Morgan fingerprint density at radius 3 is 2.76 bits per heavy atom. The van der Waals surface area contributed by atoms with Crippen molar-refractivity contribution in [2.24, 2.45) is 0 Å². The van der Waals surface area contributed by atoms with Crippen molar-refractivity contribution in [3.05, 3.63) is 48.0 Å². The number of imidazole rings is 1. The van der Waals surface area contributed by atoms with Gasteiger partial charge in [-0.15, -0.1) is 0 Å². The van der Waals surface area contributed by atoms with Gasteiger partial charge in [0.15, 0.2) is 0 Å². The van der Waals surface area contributed by atoms with Crippen molar-refractivity contribution >= 4 is 16.7 Å². The number of aromatic nitrogens is 2. The molecule has 21 heavy (non-hydrogen) atoms. The minimum atomic E-state index is -0.331. The molecule has 1 aromatic heterocycles. The van der Waals surface area contributed by atoms with Gasteiger partial charge in [-0.05, 0) is 30.3 Å². The van der Waals surface area contributed by atoms with Gasteiger partial charge in [0.1, 0.15) is 17.4 Å². The van der Waals surface area contributed by atoms with Gasteiger partial charge in [0.25, 0.3) is 0 Å². The minimum absolute atomic E-state index is 0.331. The van der Waals surface area contributed by atoms with Crippen LogP contribution >= 0.6 is 0 Å². The number of hydrogen-bond donors (Lipinski definition) is 1. The Hall–Kier alpha value is -2.56. The topological polar surface area (TPSA) is 53.1 Å². The normalized spacial score (nSPS) is 11.0. The van der Waals surface area contributed by atoms with Crippen LogP contribution in [0, 0.1) is 5.82 Å². The summed E-state index contributed by atoms with van der Waals surface area (Å²) < 4.78 is 20.7. The molecule has 2 N–H and O–H groups in total. The van der Waals surface area contributed by atoms with Crippen LogP contribution in [0.3, 0.4) is 0 Å². The summed E-state index contributed by atoms with van der Waals surface area (Å²) >= 11 is 0. The lowest BCUT2D eigenvalue weighted by Crippen LogP contribution is -2.03. The van der Waals surface area contributed by atoms with E-state index in [9.17, 15) is 4.39 Å². The average Bonchev–Trinajstić information content (AvgIpc) is 2.84. The maximum atomic E-state index is 13.4. The molecule has 3 aromatic rings. The first kappa shape index (κ1) is 13.4. The molecule has 0 unspecified atom stereocenters. The lowest BCUT2D eigenvalue weighted by molar-refractivity contribution is 0.409. The van der Waals surface area contributed by atoms with Crippen LogP contribution in [0.2, 0.25) is 0 Å². The third kappa shape index (κ3) is 2.20. The molecule has 3 rings (SSSR count). The zero-order valence-corrected chi connectivity index (χ0v) is 11.9. The van der Waals surface area contributed by atoms with Gasteiger partial charge < -0.3 is 10.5 Å². The second kappa shape index (κ2) is 5.09. The van der Waals surface area contributed by atoms with E-state index in [1.54, 1.807) is 6.07 Å². The molecule has 0 aliphatic heterocycles. The fraction of sp³-hybridized carbons (Fsp3) is 0.188. The molecule has 0 atom stereocenters. The monoisotopic (exact) mass is 285 g/mol. The zero-order chi connectivity index (χ0) is 15.0. The summed E-state index contributed by atoms with van der Waals surface area (Å²) in [6, 6.07) is 10.1. The van der Waals surface area contributed by atoms with E-state index in [2.05, 4.69) is 4.98 Å². The van der Waals surface area contributed by atoms with Crippen LogP contribution < -0.4 is 10.5 Å². The van der Waals surface area contributed by atoms with Crippen molar-refractivity contribution in [1.82, 2.24) is 9.55 Å². The van der Waals surface area contributed by atoms with Gasteiger partial charge in [-0.1, -0.05) is 6.92 Å². The van der Waals surface area contributed by atoms with E-state index >= 15 is 0 Å². The van der Waals surface area contributed by atoms with Crippen LogP contribution in [0.15, 0.2) is 36.4 Å². The molecule has 0 aliphatic carbocycles. The number of fused-ring (bicyclic) bond motifs is 1. The lowest BCUT2D eigenvalue weighted by atomic mass is 10.2. The van der Waals surface area contributed by atoms with Gasteiger partial charge in [0.05, 0.1) is 23.8 Å². The quantitative estimate of drug-likeness (QED) is 0.751. The van der Waals surface area contributed by atoms with Gasteiger partial charge in [0, 0.05) is 18.2 Å². The Kier molecular flexibility index (Phi) is 3.25. The summed E-state index contributed by atoms with van der Waals surface area (Å²) in [6.45, 7) is 2.02. The third-order valence-electron chi connectivity index (χ3n) is 3.45. The van der Waals surface area contributed by atoms with Gasteiger partial charge in [-0.25, -0.2) is 9.37 Å². The van der Waals surface area contributed by atoms with Gasteiger partial charge >= 0.3 is 0 Å². The lowest BCUT2D eigenvalue weighted by Gasteiger charge is -2.13. The molecule has 0 saturated heterocycles. The second-order valence-corrected chi connectivity index (χ2v) is 4.78. The number of anilines is 1. The van der Waals surface area contributed by atoms with E-state index in [1.165, 1.54) is 19.2 Å². The third-order valence-corrected chi connectivity index (χ3v) is 3.45. The first-order valence-corrected chi connectivity index (χ1v) is 6.74. The van der Waals surface area contributed by atoms with Gasteiger partial charge in [-0.2, -0.15) is 0 Å². The fourth-order valence-corrected chi connectivity index (χ4v) is 2.49. The van der Waals surface area contributed by atoms with Crippen LogP contribution in [0.25, 0.3) is 16.7 Å². The number of nitrogen functional groups attached to an aromatic ring is 1. The number of halogens is 1. The molecular weight excluding hydrogens is 269 g/mol. The van der Waals surface area contributed by atoms with E-state index in [0.717, 1.165) is 29.0 Å². The summed E-state index contributed by atoms with van der Waals surface area (Å²) in [4.78, 5) is 4.60. The fourth-order valence-electron chi connectivity index (χ4n) is 2.49. The predicted molar refractivity (Wildman–Crippen MR) is 81.4 cm³/mol. The van der Waals surface area contributed by atoms with Crippen molar-refractivity contribution in [3.8, 4) is 11.4 Å². The average molecular weight is 285 g/mol. The molecule has 0 radical (unpaired) electrons. The van der Waals surface area contributed by atoms with Crippen LogP contribution in [0.1, 0.15) is 12.7 Å². The van der Waals surface area contributed by atoms with Crippen molar-refractivity contribution in [2.45, 2.75) is 13.3 Å². The van der Waals surface area contributed by atoms with E-state index in [1.807, 2.05) is 29.7 Å². The first-order chi connectivity index (χ1) is 10.1. The molecule has 108 valence electrons. The smallest absolute Gasteiger partial charge is 0.145 e. The molecule has 5 heteroatoms. The van der Waals surface area contributed by atoms with Gasteiger partial charge in [-0.3, -0.25) is 4.57 Å². The van der Waals surface area contributed by atoms with E-state index in [4.69, 9.17) is 10.5 Å². The standard InChI is InChI=1S/C16H16FN3O/c1-3-16-19-12-9-11(18)5-7-13(12)20(16)14-6-4-10(17)8-15(14)21-2/h4-9H,3,18H2,1-2H3. The Bertz CT molecular complexity index is 811. The van der Waals surface area contributed by atoms with Crippen LogP contribution in [0.4, 0.5) is 10.1 Å². The first-order valence-electron chi connectivity index (χ1n) is 6.74. The number of nitrogens with two attached hydrogens (primary N) is 1. The molecule has 0 saturated carbocycles. The maximum Gasteiger partial charge on any atom is 0.145 e. The van der Waals surface area contributed by atoms with Crippen molar-refractivity contribution in [3.63, 3.8) is 0 Å². The molecule has 2 aromatic carbocycles. The number of nitrogens with zero attached hydrogens (tertiary/aromatic N) is 2. The second-order valence-electron chi connectivity index (χ2n) is 4.78. The number of methoxy groups -OCH3 is 1. The summed E-state index contributed by atoms with van der Waals surface area (Å²) in [5.41, 5.74) is 8.99. The van der Waals surface area contributed by atoms with Crippen molar-refractivity contribution in [1.29, 1.82) is 0 Å². The number of ether oxygens (including phenoxy) is 1. The molecule has 4 nitrogen and oxygen atoms in total. The van der Waals surface area contributed by atoms with E-state index in [-0.39, 0.29) is 5.82 Å². The number of aryl methyl sites for hydroxylation is 1. The van der Waals surface area contributed by atoms with E-state index < -0.39 is 0 Å². The van der Waals surface area contributed by atoms with Crippen LogP contribution in [-0.4, -0.2) is 16.7 Å². The SMILES string of the molecule is CCc1nc2cc(N)ccc2n1-c1ccc(F)cc1OC. The van der Waals surface area contributed by atoms with Crippen LogP contribution in [0.5, 0.6) is 5.75 Å². The largest absolute Gasteiger partial charge is 0.494 e. The van der Waals surface area contributed by atoms with Crippen molar-refractivity contribution < 1.29 is 9.13 Å². The highest BCUT2D eigenvalue weighted by Gasteiger charge is 2.15. The summed E-state index contributed by atoms with van der Waals surface area (Å²) in [7, 11) is 1.53. The number of hydrogen-bond acceptors (Lipinski definition) is 3. The van der Waals surface area contributed by atoms with E-state index in [0.29, 0.717) is 11.4 Å². The molecule has 0 aliphatic rings. The molecule has 1 heterocycles. The predicted octanol–water partition coefficient (Wildman–Crippen LogP) is 3.32. The molecule has 0 spiro atoms. The Morgan fingerprint density at radius 2 is 2.05 bits per heavy atom. The highest BCUT2D eigenvalue weighted by atomic mass is 19.1. The summed E-state index contributed by atoms with van der Waals surface area (Å²) in [5, 5.41) is 0. The zero-order valence-electron chi connectivity index (χ0n) is 11.9. The molecular formula is C16H16FN3O. The highest BCUT2D eigenvalue weighted by Crippen LogP contribution is 2.30. The highest BCUT2D eigenvalue weighted by molar-refractivity contribution is 5.82. The van der Waals surface area contributed by atoms with Crippen molar-refractivity contribution in [2.75, 3.05) is 12.8 Å². The maximum absolute atomic E-state index is 13.4. The Morgan fingerprint density at radius 1 is 1.24 bits per heavy atom. The molecule has 0 bridgehead atoms. The Balaban J connectivity index is 2.33. The Labute approximate surface area is 122 Å². The summed E-state index contributed by atoms with van der Waals surface area (Å²) in [6.07, 6.45) is 0.745. The number of benzene rings is 2. The molecule has 0 amide bonds. The number of rotatable bonds is 3. The van der Waals surface area contributed by atoms with Crippen LogP contribution in [-0.2, 0) is 6.42 Å². The summed E-state index contributed by atoms with van der Waals surface area (Å²) in [5.74, 6) is 1.02. The van der Waals surface area contributed by atoms with Gasteiger partial charge in [0.2, 0.25) is 0 Å². The molecule has 0 fully saturated rings. The minimum Gasteiger partial charge on any atom is -0.494 e.